The van der Waals surface area contributed by atoms with E-state index in [0.717, 1.165) is 35.7 Å². The summed E-state index contributed by atoms with van der Waals surface area (Å²) < 4.78 is 0. The molecule has 0 bridgehead atoms. The van der Waals surface area contributed by atoms with Crippen LogP contribution < -0.4 is 33.0 Å². The average molecular weight is 623 g/mol. The molecule has 8 unspecified atom stereocenters. The number of piperidine rings is 2. The first kappa shape index (κ1) is 37.9. The first-order valence-electron chi connectivity index (χ1n) is 16.7. The van der Waals surface area contributed by atoms with E-state index in [1.54, 1.807) is 0 Å². The second-order valence-corrected chi connectivity index (χ2v) is 14.4. The number of amides is 4. The molecule has 2 aliphatic rings. The van der Waals surface area contributed by atoms with Crippen LogP contribution in [0.15, 0.2) is 0 Å². The van der Waals surface area contributed by atoms with Crippen molar-refractivity contribution in [3.05, 3.63) is 0 Å². The number of nitrogens with one attached hydrogen (secondary N) is 4. The van der Waals surface area contributed by atoms with E-state index in [-0.39, 0.29) is 59.2 Å². The summed E-state index contributed by atoms with van der Waals surface area (Å²) in [5.74, 6) is 9.65. The molecule has 0 aliphatic carbocycles. The largest absolute Gasteiger partial charge is 0.348 e. The number of rotatable bonds is 11. The summed E-state index contributed by atoms with van der Waals surface area (Å²) in [4.78, 5) is 51.3. The summed E-state index contributed by atoms with van der Waals surface area (Å²) in [6.07, 6.45) is 5.80. The van der Waals surface area contributed by atoms with Crippen LogP contribution in [0.25, 0.3) is 0 Å². The van der Waals surface area contributed by atoms with Gasteiger partial charge in [0.1, 0.15) is 0 Å². The molecule has 8 atom stereocenters. The minimum atomic E-state index is -0.756. The standard InChI is InChI=1S/C32H62N8O4/c1-11-29(7)19-23(21(5)31(9,13-3)37-29)39(33)27(43)25(41)35-17-15-16-18-36-26(42)28(44)40(34)24-20-30(8,12-2)38-32(10,14-4)22(24)6/h21-24,37-38H,11-20,33-34H2,1-10H3,(H,35,41)(H,36,42). The van der Waals surface area contributed by atoms with Crippen molar-refractivity contribution in [2.24, 2.45) is 23.5 Å². The highest BCUT2D eigenvalue weighted by atomic mass is 16.2. The summed E-state index contributed by atoms with van der Waals surface area (Å²) in [5.41, 5.74) is -0.818. The Morgan fingerprint density at radius 1 is 0.659 bits per heavy atom. The molecule has 0 saturated carbocycles. The van der Waals surface area contributed by atoms with E-state index in [1.165, 1.54) is 0 Å². The third-order valence-corrected chi connectivity index (χ3v) is 11.4. The molecule has 0 aromatic rings. The highest BCUT2D eigenvalue weighted by molar-refractivity contribution is 6.35. The van der Waals surface area contributed by atoms with Gasteiger partial charge in [0.25, 0.3) is 0 Å². The van der Waals surface area contributed by atoms with Gasteiger partial charge < -0.3 is 21.3 Å². The second-order valence-electron chi connectivity index (χ2n) is 14.4. The van der Waals surface area contributed by atoms with Crippen LogP contribution in [0.4, 0.5) is 0 Å². The third kappa shape index (κ3) is 8.30. The molecule has 2 fully saturated rings. The van der Waals surface area contributed by atoms with Crippen LogP contribution in [-0.2, 0) is 19.2 Å². The maximum atomic E-state index is 13.0. The first-order chi connectivity index (χ1) is 20.4. The van der Waals surface area contributed by atoms with Gasteiger partial charge in [-0.15, -0.1) is 0 Å². The number of carbonyl (C=O) groups is 4. The van der Waals surface area contributed by atoms with E-state index in [1.807, 2.05) is 0 Å². The highest BCUT2D eigenvalue weighted by Gasteiger charge is 2.50. The molecule has 2 saturated heterocycles. The molecular weight excluding hydrogens is 560 g/mol. The minimum Gasteiger partial charge on any atom is -0.348 e. The van der Waals surface area contributed by atoms with E-state index in [4.69, 9.17) is 11.7 Å². The molecular formula is C32H62N8O4. The van der Waals surface area contributed by atoms with Crippen LogP contribution in [-0.4, -0.2) is 81.0 Å². The Morgan fingerprint density at radius 2 is 0.977 bits per heavy atom. The lowest BCUT2D eigenvalue weighted by Crippen LogP contribution is -2.70. The summed E-state index contributed by atoms with van der Waals surface area (Å²) in [6, 6.07) is -0.558. The van der Waals surface area contributed by atoms with Crippen LogP contribution in [0.3, 0.4) is 0 Å². The van der Waals surface area contributed by atoms with E-state index in [9.17, 15) is 19.2 Å². The minimum absolute atomic E-state index is 0.0509. The van der Waals surface area contributed by atoms with Crippen molar-refractivity contribution in [1.29, 1.82) is 0 Å². The number of hydrogen-bond donors (Lipinski definition) is 6. The molecule has 0 aromatic heterocycles. The maximum absolute atomic E-state index is 13.0. The molecule has 0 aromatic carbocycles. The van der Waals surface area contributed by atoms with Crippen molar-refractivity contribution in [3.63, 3.8) is 0 Å². The predicted molar refractivity (Wildman–Crippen MR) is 174 cm³/mol. The number of unbranched alkanes of at least 4 members (excludes halogenated alkanes) is 1. The first-order valence-corrected chi connectivity index (χ1v) is 16.7. The normalized spacial score (nSPS) is 35.5. The van der Waals surface area contributed by atoms with Gasteiger partial charge in [0.15, 0.2) is 0 Å². The van der Waals surface area contributed by atoms with Gasteiger partial charge in [0.2, 0.25) is 0 Å². The topological polar surface area (TPSA) is 175 Å². The Labute approximate surface area is 265 Å². The van der Waals surface area contributed by atoms with Crippen molar-refractivity contribution < 1.29 is 19.2 Å². The molecule has 2 rings (SSSR count). The zero-order valence-corrected chi connectivity index (χ0v) is 29.1. The molecule has 0 spiro atoms. The second kappa shape index (κ2) is 14.9. The Balaban J connectivity index is 1.83. The molecule has 254 valence electrons. The van der Waals surface area contributed by atoms with Crippen LogP contribution >= 0.6 is 0 Å². The monoisotopic (exact) mass is 622 g/mol. The smallest absolute Gasteiger partial charge is 0.326 e. The number of nitrogens with two attached hydrogens (primary N) is 2. The highest BCUT2D eigenvalue weighted by Crippen LogP contribution is 2.40. The lowest BCUT2D eigenvalue weighted by Gasteiger charge is -2.55. The Kier molecular flexibility index (Phi) is 12.8. The van der Waals surface area contributed by atoms with Gasteiger partial charge in [-0.2, -0.15) is 0 Å². The molecule has 0 radical (unpaired) electrons. The molecule has 2 aliphatic heterocycles. The zero-order chi connectivity index (χ0) is 33.7. The number of hydrazine groups is 2. The molecule has 44 heavy (non-hydrogen) atoms. The van der Waals surface area contributed by atoms with E-state index in [0.29, 0.717) is 25.7 Å². The van der Waals surface area contributed by atoms with E-state index >= 15 is 0 Å². The Hall–Kier alpha value is -2.28. The molecule has 2 heterocycles. The van der Waals surface area contributed by atoms with Gasteiger partial charge >= 0.3 is 23.6 Å². The average Bonchev–Trinajstić information content (AvgIpc) is 3.00. The van der Waals surface area contributed by atoms with Gasteiger partial charge in [0, 0.05) is 35.2 Å². The van der Waals surface area contributed by atoms with Gasteiger partial charge in [0.05, 0.1) is 12.1 Å². The fourth-order valence-electron chi connectivity index (χ4n) is 7.14. The van der Waals surface area contributed by atoms with Crippen molar-refractivity contribution >= 4 is 23.6 Å². The molecule has 12 nitrogen and oxygen atoms in total. The maximum Gasteiger partial charge on any atom is 0.326 e. The van der Waals surface area contributed by atoms with Crippen LogP contribution in [0.5, 0.6) is 0 Å². The number of carbonyl (C=O) groups excluding carboxylic acids is 4. The zero-order valence-electron chi connectivity index (χ0n) is 29.1. The van der Waals surface area contributed by atoms with Crippen molar-refractivity contribution in [2.75, 3.05) is 13.1 Å². The van der Waals surface area contributed by atoms with Crippen molar-refractivity contribution in [3.8, 4) is 0 Å². The van der Waals surface area contributed by atoms with Crippen LogP contribution in [0.2, 0.25) is 0 Å². The summed E-state index contributed by atoms with van der Waals surface area (Å²) in [5, 5.41) is 15.0. The quantitative estimate of drug-likeness (QED) is 0.0668. The van der Waals surface area contributed by atoms with Gasteiger partial charge in [-0.1, -0.05) is 41.5 Å². The fourth-order valence-corrected chi connectivity index (χ4v) is 7.14. The van der Waals surface area contributed by atoms with Gasteiger partial charge in [-0.05, 0) is 90.9 Å². The van der Waals surface area contributed by atoms with E-state index < -0.39 is 23.6 Å². The third-order valence-electron chi connectivity index (χ3n) is 11.4. The van der Waals surface area contributed by atoms with Crippen molar-refractivity contribution in [1.82, 2.24) is 31.3 Å². The summed E-state index contributed by atoms with van der Waals surface area (Å²) in [6.45, 7) is 21.6. The predicted octanol–water partition coefficient (Wildman–Crippen LogP) is 2.07. The lowest BCUT2D eigenvalue weighted by molar-refractivity contribution is -0.150. The number of hydrogen-bond acceptors (Lipinski definition) is 8. The Bertz CT molecular complexity index is 964. The molecule has 4 amide bonds. The summed E-state index contributed by atoms with van der Waals surface area (Å²) in [7, 11) is 0. The Morgan fingerprint density at radius 3 is 1.25 bits per heavy atom. The van der Waals surface area contributed by atoms with Crippen molar-refractivity contribution in [2.45, 2.75) is 155 Å². The lowest BCUT2D eigenvalue weighted by atomic mass is 9.68. The van der Waals surface area contributed by atoms with E-state index in [2.05, 4.69) is 90.5 Å². The van der Waals surface area contributed by atoms with Crippen LogP contribution in [0, 0.1) is 11.8 Å². The van der Waals surface area contributed by atoms with Gasteiger partial charge in [-0.25, -0.2) is 11.7 Å². The SMILES string of the molecule is CCC1(C)CC(N(N)C(=O)C(=O)NCCCCNC(=O)C(=O)N(N)C2CC(C)(CC)NC(C)(CC)C2C)C(C)C(C)(CC)N1. The molecule has 12 heteroatoms. The number of nitrogens with zero attached hydrogens (tertiary/aromatic N) is 2. The molecule has 8 N–H and O–H groups in total. The van der Waals surface area contributed by atoms with Gasteiger partial charge in [-0.3, -0.25) is 29.2 Å². The fraction of sp³-hybridized carbons (Fsp3) is 0.875. The van der Waals surface area contributed by atoms with Crippen LogP contribution in [0.1, 0.15) is 121 Å². The summed E-state index contributed by atoms with van der Waals surface area (Å²) >= 11 is 0.